The Morgan fingerprint density at radius 3 is 2.81 bits per heavy atom. The van der Waals surface area contributed by atoms with Crippen LogP contribution in [0.4, 0.5) is 0 Å². The number of carboxylic acid groups (broad SMARTS) is 1. The molecule has 0 aromatic carbocycles. The summed E-state index contributed by atoms with van der Waals surface area (Å²) in [7, 11) is 0. The number of aromatic nitrogens is 4. The Morgan fingerprint density at radius 2 is 2.25 bits per heavy atom. The third kappa shape index (κ3) is 1.37. The van der Waals surface area contributed by atoms with Crippen LogP contribution < -0.4 is 5.56 Å². The zero-order chi connectivity index (χ0) is 11.9. The van der Waals surface area contributed by atoms with Gasteiger partial charge in [-0.1, -0.05) is 13.8 Å². The number of nitrogens with zero attached hydrogens (tertiary/aromatic N) is 3. The van der Waals surface area contributed by atoms with E-state index in [0.29, 0.717) is 5.82 Å². The molecule has 0 unspecified atom stereocenters. The Morgan fingerprint density at radius 1 is 1.56 bits per heavy atom. The second kappa shape index (κ2) is 3.44. The standard InChI is InChI=1S/C9H10N4O3/c1-4(2)6-11-12-9-10-3-5(8(15)16)7(14)13(6)9/h3-4H,1-2H3,(H,10,12)(H,15,16). The SMILES string of the molecule is CC(C)c1n[nH]c2ncc(C(=O)O)c(=O)n12. The van der Waals surface area contributed by atoms with Gasteiger partial charge in [0.25, 0.3) is 5.56 Å². The molecule has 2 rings (SSSR count). The lowest BCUT2D eigenvalue weighted by molar-refractivity contribution is 0.0694. The number of nitrogens with one attached hydrogen (secondary N) is 1. The molecule has 0 saturated heterocycles. The number of aromatic amines is 1. The molecule has 2 aromatic heterocycles. The zero-order valence-corrected chi connectivity index (χ0v) is 8.76. The predicted octanol–water partition coefficient (Wildman–Crippen LogP) is 0.239. The largest absolute Gasteiger partial charge is 0.477 e. The molecule has 84 valence electrons. The number of fused-ring (bicyclic) bond motifs is 1. The molecular formula is C9H10N4O3. The molecule has 0 aliphatic rings. The first-order valence-corrected chi connectivity index (χ1v) is 4.71. The van der Waals surface area contributed by atoms with E-state index in [1.807, 2.05) is 13.8 Å². The van der Waals surface area contributed by atoms with Gasteiger partial charge in [-0.05, 0) is 0 Å². The van der Waals surface area contributed by atoms with E-state index >= 15 is 0 Å². The molecule has 0 amide bonds. The first-order valence-electron chi connectivity index (χ1n) is 4.71. The average molecular weight is 222 g/mol. The summed E-state index contributed by atoms with van der Waals surface area (Å²) in [5.41, 5.74) is -0.976. The van der Waals surface area contributed by atoms with Crippen LogP contribution in [-0.4, -0.2) is 30.7 Å². The summed E-state index contributed by atoms with van der Waals surface area (Å²) < 4.78 is 1.19. The molecule has 2 heterocycles. The summed E-state index contributed by atoms with van der Waals surface area (Å²) >= 11 is 0. The monoisotopic (exact) mass is 222 g/mol. The first kappa shape index (κ1) is 10.3. The molecule has 0 aliphatic carbocycles. The Labute approximate surface area is 89.8 Å². The van der Waals surface area contributed by atoms with Crippen molar-refractivity contribution in [1.82, 2.24) is 19.6 Å². The minimum absolute atomic E-state index is 0.00250. The van der Waals surface area contributed by atoms with E-state index in [9.17, 15) is 9.59 Å². The lowest BCUT2D eigenvalue weighted by Crippen LogP contribution is -2.24. The van der Waals surface area contributed by atoms with E-state index in [1.54, 1.807) is 0 Å². The molecule has 2 N–H and O–H groups in total. The normalized spacial score (nSPS) is 11.2. The molecule has 0 bridgehead atoms. The maximum Gasteiger partial charge on any atom is 0.342 e. The maximum atomic E-state index is 11.8. The predicted molar refractivity (Wildman–Crippen MR) is 54.7 cm³/mol. The third-order valence-corrected chi connectivity index (χ3v) is 2.21. The van der Waals surface area contributed by atoms with Gasteiger partial charge in [0, 0.05) is 5.92 Å². The Balaban J connectivity index is 2.86. The van der Waals surface area contributed by atoms with Gasteiger partial charge in [0.1, 0.15) is 11.4 Å². The highest BCUT2D eigenvalue weighted by Gasteiger charge is 2.17. The molecule has 0 atom stereocenters. The summed E-state index contributed by atoms with van der Waals surface area (Å²) in [4.78, 5) is 26.5. The lowest BCUT2D eigenvalue weighted by atomic mass is 10.2. The second-order valence-corrected chi connectivity index (χ2v) is 3.68. The van der Waals surface area contributed by atoms with Crippen molar-refractivity contribution in [3.8, 4) is 0 Å². The fourth-order valence-electron chi connectivity index (χ4n) is 1.44. The molecule has 2 aromatic rings. The fourth-order valence-corrected chi connectivity index (χ4v) is 1.44. The number of carbonyl (C=O) groups is 1. The number of rotatable bonds is 2. The topological polar surface area (TPSA) is 100 Å². The summed E-state index contributed by atoms with van der Waals surface area (Å²) in [6.07, 6.45) is 1.03. The van der Waals surface area contributed by atoms with Gasteiger partial charge in [0.05, 0.1) is 6.20 Å². The van der Waals surface area contributed by atoms with E-state index in [2.05, 4.69) is 15.2 Å². The van der Waals surface area contributed by atoms with Crippen LogP contribution in [0.5, 0.6) is 0 Å². The third-order valence-electron chi connectivity index (χ3n) is 2.21. The Kier molecular flexibility index (Phi) is 2.22. The number of hydrogen-bond acceptors (Lipinski definition) is 4. The van der Waals surface area contributed by atoms with Crippen LogP contribution in [0.15, 0.2) is 11.0 Å². The van der Waals surface area contributed by atoms with E-state index in [0.717, 1.165) is 6.20 Å². The Hall–Kier alpha value is -2.18. The van der Waals surface area contributed by atoms with E-state index in [4.69, 9.17) is 5.11 Å². The van der Waals surface area contributed by atoms with Crippen LogP contribution in [0, 0.1) is 0 Å². The molecule has 7 nitrogen and oxygen atoms in total. The van der Waals surface area contributed by atoms with Crippen molar-refractivity contribution in [2.45, 2.75) is 19.8 Å². The highest BCUT2D eigenvalue weighted by Crippen LogP contribution is 2.10. The molecule has 0 radical (unpaired) electrons. The average Bonchev–Trinajstić information content (AvgIpc) is 2.61. The minimum Gasteiger partial charge on any atom is -0.477 e. The van der Waals surface area contributed by atoms with Gasteiger partial charge in [0.15, 0.2) is 0 Å². The molecule has 0 fully saturated rings. The van der Waals surface area contributed by atoms with Crippen molar-refractivity contribution in [1.29, 1.82) is 0 Å². The van der Waals surface area contributed by atoms with Crippen LogP contribution in [0.2, 0.25) is 0 Å². The highest BCUT2D eigenvalue weighted by atomic mass is 16.4. The van der Waals surface area contributed by atoms with Crippen molar-refractivity contribution in [2.24, 2.45) is 0 Å². The zero-order valence-electron chi connectivity index (χ0n) is 8.76. The van der Waals surface area contributed by atoms with Crippen LogP contribution in [0.3, 0.4) is 0 Å². The van der Waals surface area contributed by atoms with Crippen LogP contribution >= 0.6 is 0 Å². The smallest absolute Gasteiger partial charge is 0.342 e. The summed E-state index contributed by atoms with van der Waals surface area (Å²) in [6, 6.07) is 0. The number of aromatic carboxylic acids is 1. The summed E-state index contributed by atoms with van der Waals surface area (Å²) in [5.74, 6) is -0.575. The summed E-state index contributed by atoms with van der Waals surface area (Å²) in [5, 5.41) is 15.3. The number of H-pyrrole nitrogens is 1. The van der Waals surface area contributed by atoms with Crippen LogP contribution in [0.1, 0.15) is 35.9 Å². The van der Waals surface area contributed by atoms with Crippen LogP contribution in [-0.2, 0) is 0 Å². The maximum absolute atomic E-state index is 11.8. The van der Waals surface area contributed by atoms with Gasteiger partial charge < -0.3 is 5.11 Å². The van der Waals surface area contributed by atoms with Gasteiger partial charge >= 0.3 is 5.97 Å². The number of carboxylic acids is 1. The quantitative estimate of drug-likeness (QED) is 0.758. The minimum atomic E-state index is -1.29. The van der Waals surface area contributed by atoms with Crippen molar-refractivity contribution < 1.29 is 9.90 Å². The van der Waals surface area contributed by atoms with Gasteiger partial charge in [-0.25, -0.2) is 19.3 Å². The van der Waals surface area contributed by atoms with Crippen LogP contribution in [0.25, 0.3) is 5.78 Å². The van der Waals surface area contributed by atoms with Gasteiger partial charge in [-0.3, -0.25) is 4.79 Å². The van der Waals surface area contributed by atoms with Gasteiger partial charge in [0.2, 0.25) is 5.78 Å². The summed E-state index contributed by atoms with van der Waals surface area (Å²) in [6.45, 7) is 3.71. The second-order valence-electron chi connectivity index (χ2n) is 3.68. The van der Waals surface area contributed by atoms with E-state index in [1.165, 1.54) is 4.40 Å². The van der Waals surface area contributed by atoms with Crippen molar-refractivity contribution >= 4 is 11.7 Å². The van der Waals surface area contributed by atoms with Crippen molar-refractivity contribution in [3.05, 3.63) is 27.9 Å². The molecule has 0 spiro atoms. The molecule has 7 heteroatoms. The van der Waals surface area contributed by atoms with Crippen molar-refractivity contribution in [2.75, 3.05) is 0 Å². The Bertz CT molecular complexity index is 611. The highest BCUT2D eigenvalue weighted by molar-refractivity contribution is 5.86. The lowest BCUT2D eigenvalue weighted by Gasteiger charge is -2.01. The van der Waals surface area contributed by atoms with E-state index < -0.39 is 11.5 Å². The first-order chi connectivity index (χ1) is 7.52. The fraction of sp³-hybridized carbons (Fsp3) is 0.333. The molecule has 0 aliphatic heterocycles. The van der Waals surface area contributed by atoms with Gasteiger partial charge in [-0.2, -0.15) is 5.10 Å². The molecular weight excluding hydrogens is 212 g/mol. The van der Waals surface area contributed by atoms with Gasteiger partial charge in [-0.15, -0.1) is 0 Å². The molecule has 0 saturated carbocycles. The number of hydrogen-bond donors (Lipinski definition) is 2. The van der Waals surface area contributed by atoms with E-state index in [-0.39, 0.29) is 17.3 Å². The molecule has 16 heavy (non-hydrogen) atoms. The van der Waals surface area contributed by atoms with Crippen molar-refractivity contribution in [3.63, 3.8) is 0 Å².